The van der Waals surface area contributed by atoms with Crippen molar-refractivity contribution in [3.63, 3.8) is 0 Å². The van der Waals surface area contributed by atoms with E-state index in [1.54, 1.807) is 11.1 Å². The summed E-state index contributed by atoms with van der Waals surface area (Å²) in [7, 11) is 2.15. The van der Waals surface area contributed by atoms with Gasteiger partial charge < -0.3 is 15.1 Å². The van der Waals surface area contributed by atoms with Crippen LogP contribution in [0.3, 0.4) is 0 Å². The van der Waals surface area contributed by atoms with Crippen molar-refractivity contribution in [1.82, 2.24) is 29.5 Å². The molecular formula is C25H28N8O. The van der Waals surface area contributed by atoms with Crippen molar-refractivity contribution in [3.8, 4) is 17.3 Å². The maximum atomic E-state index is 12.6. The summed E-state index contributed by atoms with van der Waals surface area (Å²) in [6.07, 6.45) is 7.82. The number of benzene rings is 1. The van der Waals surface area contributed by atoms with Crippen LogP contribution in [0.5, 0.6) is 0 Å². The molecule has 0 saturated carbocycles. The molecule has 2 aliphatic rings. The number of aromatic nitrogens is 4. The largest absolute Gasteiger partial charge is 0.336 e. The molecule has 0 bridgehead atoms. The van der Waals surface area contributed by atoms with Crippen molar-refractivity contribution in [2.24, 2.45) is 5.92 Å². The molecule has 174 valence electrons. The Morgan fingerprint density at radius 1 is 1.15 bits per heavy atom. The second-order valence-electron chi connectivity index (χ2n) is 9.21. The first-order valence-electron chi connectivity index (χ1n) is 11.6. The summed E-state index contributed by atoms with van der Waals surface area (Å²) in [6.45, 7) is 5.15. The number of anilines is 2. The summed E-state index contributed by atoms with van der Waals surface area (Å²) < 4.78 is 2.04. The van der Waals surface area contributed by atoms with Crippen molar-refractivity contribution in [1.29, 1.82) is 5.26 Å². The Morgan fingerprint density at radius 2 is 1.88 bits per heavy atom. The molecule has 3 aromatic rings. The first-order chi connectivity index (χ1) is 16.5. The lowest BCUT2D eigenvalue weighted by Gasteiger charge is -2.35. The summed E-state index contributed by atoms with van der Waals surface area (Å²) in [5.74, 6) is 0.419. The summed E-state index contributed by atoms with van der Waals surface area (Å²) in [6, 6.07) is 10.1. The Bertz CT molecular complexity index is 1210. The second-order valence-corrected chi connectivity index (χ2v) is 9.21. The molecule has 2 saturated heterocycles. The Kier molecular flexibility index (Phi) is 5.99. The number of amides is 1. The van der Waals surface area contributed by atoms with Crippen molar-refractivity contribution >= 4 is 17.5 Å². The summed E-state index contributed by atoms with van der Waals surface area (Å²) in [4.78, 5) is 25.8. The maximum absolute atomic E-state index is 12.6. The Labute approximate surface area is 199 Å². The molecule has 5 rings (SSSR count). The lowest BCUT2D eigenvalue weighted by atomic mass is 10.00. The molecule has 1 N–H and O–H groups in total. The molecule has 2 fully saturated rings. The van der Waals surface area contributed by atoms with Crippen LogP contribution in [-0.2, 0) is 0 Å². The van der Waals surface area contributed by atoms with Gasteiger partial charge in [-0.3, -0.25) is 9.48 Å². The molecular weight excluding hydrogens is 428 g/mol. The number of carbonyl (C=O) groups is 1. The molecule has 9 heteroatoms. The SMILES string of the molecule is Cc1cnc(Nc2cnn(C3CCN(C)CC3)c2)nc1-c1ccc(C(=O)N2CC(C#N)C2)cc1. The zero-order valence-electron chi connectivity index (χ0n) is 19.5. The first-order valence-corrected chi connectivity index (χ1v) is 11.6. The van der Waals surface area contributed by atoms with Crippen LogP contribution in [0.15, 0.2) is 42.9 Å². The van der Waals surface area contributed by atoms with Crippen LogP contribution in [0.4, 0.5) is 11.6 Å². The van der Waals surface area contributed by atoms with E-state index in [1.807, 2.05) is 48.3 Å². The number of hydrogen-bond donors (Lipinski definition) is 1. The number of rotatable bonds is 5. The average molecular weight is 457 g/mol. The predicted molar refractivity (Wildman–Crippen MR) is 128 cm³/mol. The highest BCUT2D eigenvalue weighted by Gasteiger charge is 2.31. The van der Waals surface area contributed by atoms with Gasteiger partial charge in [0.1, 0.15) is 0 Å². The van der Waals surface area contributed by atoms with E-state index >= 15 is 0 Å². The summed E-state index contributed by atoms with van der Waals surface area (Å²) in [5, 5.41) is 16.7. The van der Waals surface area contributed by atoms with E-state index in [-0.39, 0.29) is 11.8 Å². The third-order valence-electron chi connectivity index (χ3n) is 6.65. The minimum Gasteiger partial charge on any atom is -0.336 e. The molecule has 0 unspecified atom stereocenters. The second kappa shape index (κ2) is 9.23. The van der Waals surface area contributed by atoms with Gasteiger partial charge in [0.2, 0.25) is 5.95 Å². The normalized spacial score (nSPS) is 17.3. The molecule has 0 atom stereocenters. The van der Waals surface area contributed by atoms with Gasteiger partial charge in [0, 0.05) is 36.6 Å². The van der Waals surface area contributed by atoms with Gasteiger partial charge in [0.15, 0.2) is 0 Å². The number of piperidine rings is 1. The fourth-order valence-corrected chi connectivity index (χ4v) is 4.46. The van der Waals surface area contributed by atoms with Crippen molar-refractivity contribution in [3.05, 3.63) is 54.0 Å². The Balaban J connectivity index is 1.28. The van der Waals surface area contributed by atoms with Crippen LogP contribution in [-0.4, -0.2) is 68.7 Å². The zero-order valence-corrected chi connectivity index (χ0v) is 19.5. The quantitative estimate of drug-likeness (QED) is 0.629. The monoisotopic (exact) mass is 456 g/mol. The van der Waals surface area contributed by atoms with Gasteiger partial charge in [-0.15, -0.1) is 0 Å². The molecule has 4 heterocycles. The minimum atomic E-state index is -0.0470. The van der Waals surface area contributed by atoms with Crippen LogP contribution >= 0.6 is 0 Å². The fourth-order valence-electron chi connectivity index (χ4n) is 4.46. The van der Waals surface area contributed by atoms with Crippen molar-refractivity contribution in [2.45, 2.75) is 25.8 Å². The number of nitrogens with one attached hydrogen (secondary N) is 1. The zero-order chi connectivity index (χ0) is 23.7. The van der Waals surface area contributed by atoms with Gasteiger partial charge in [-0.25, -0.2) is 9.97 Å². The fraction of sp³-hybridized carbons (Fsp3) is 0.400. The number of nitrogens with zero attached hydrogens (tertiary/aromatic N) is 7. The number of hydrogen-bond acceptors (Lipinski definition) is 7. The molecule has 0 aliphatic carbocycles. The highest BCUT2D eigenvalue weighted by molar-refractivity contribution is 5.95. The number of carbonyl (C=O) groups excluding carboxylic acids is 1. The smallest absolute Gasteiger partial charge is 0.253 e. The lowest BCUT2D eigenvalue weighted by molar-refractivity contribution is 0.0577. The van der Waals surface area contributed by atoms with E-state index in [2.05, 4.69) is 33.4 Å². The van der Waals surface area contributed by atoms with Gasteiger partial charge in [0.05, 0.1) is 35.6 Å². The Morgan fingerprint density at radius 3 is 2.59 bits per heavy atom. The standard InChI is InChI=1S/C25H28N8O/c1-17-12-27-25(29-21-13-28-33(16-21)22-7-9-31(2)10-8-22)30-23(17)19-3-5-20(6-4-19)24(34)32-14-18(11-26)15-32/h3-6,12-13,16,18,22H,7-10,14-15H2,1-2H3,(H,27,29,30). The van der Waals surface area contributed by atoms with Crippen LogP contribution in [0.1, 0.15) is 34.8 Å². The van der Waals surface area contributed by atoms with E-state index in [9.17, 15) is 4.79 Å². The highest BCUT2D eigenvalue weighted by Crippen LogP contribution is 2.26. The molecule has 2 aromatic heterocycles. The van der Waals surface area contributed by atoms with Gasteiger partial charge in [-0.05, 0) is 57.6 Å². The van der Waals surface area contributed by atoms with E-state index < -0.39 is 0 Å². The minimum absolute atomic E-state index is 0.0403. The number of nitriles is 1. The molecule has 34 heavy (non-hydrogen) atoms. The highest BCUT2D eigenvalue weighted by atomic mass is 16.2. The number of likely N-dealkylation sites (tertiary alicyclic amines) is 2. The average Bonchev–Trinajstić information content (AvgIpc) is 3.28. The van der Waals surface area contributed by atoms with Crippen LogP contribution < -0.4 is 5.32 Å². The Hall–Kier alpha value is -3.77. The summed E-state index contributed by atoms with van der Waals surface area (Å²) >= 11 is 0. The van der Waals surface area contributed by atoms with Gasteiger partial charge in [-0.1, -0.05) is 12.1 Å². The van der Waals surface area contributed by atoms with Gasteiger partial charge >= 0.3 is 0 Å². The predicted octanol–water partition coefficient (Wildman–Crippen LogP) is 3.25. The number of aryl methyl sites for hydroxylation is 1. The molecule has 0 spiro atoms. The lowest BCUT2D eigenvalue weighted by Crippen LogP contribution is -2.49. The van der Waals surface area contributed by atoms with E-state index in [0.29, 0.717) is 30.6 Å². The third kappa shape index (κ3) is 4.50. The molecule has 9 nitrogen and oxygen atoms in total. The molecule has 1 aromatic carbocycles. The topological polar surface area (TPSA) is 103 Å². The van der Waals surface area contributed by atoms with Crippen LogP contribution in [0.2, 0.25) is 0 Å². The van der Waals surface area contributed by atoms with Gasteiger partial charge in [-0.2, -0.15) is 10.4 Å². The van der Waals surface area contributed by atoms with E-state index in [0.717, 1.165) is 48.4 Å². The van der Waals surface area contributed by atoms with Gasteiger partial charge in [0.25, 0.3) is 5.91 Å². The van der Waals surface area contributed by atoms with Crippen molar-refractivity contribution < 1.29 is 4.79 Å². The molecule has 1 amide bonds. The molecule has 2 aliphatic heterocycles. The van der Waals surface area contributed by atoms with E-state index in [4.69, 9.17) is 10.2 Å². The molecule has 0 radical (unpaired) electrons. The van der Waals surface area contributed by atoms with Crippen LogP contribution in [0.25, 0.3) is 11.3 Å². The maximum Gasteiger partial charge on any atom is 0.253 e. The summed E-state index contributed by atoms with van der Waals surface area (Å²) in [5.41, 5.74) is 4.16. The van der Waals surface area contributed by atoms with E-state index in [1.165, 1.54) is 0 Å². The third-order valence-corrected chi connectivity index (χ3v) is 6.65. The van der Waals surface area contributed by atoms with Crippen molar-refractivity contribution in [2.75, 3.05) is 38.5 Å². The van der Waals surface area contributed by atoms with Crippen LogP contribution in [0, 0.1) is 24.2 Å². The first kappa shape index (κ1) is 22.0.